The maximum atomic E-state index is 5.66. The molecule has 1 aromatic carbocycles. The quantitative estimate of drug-likeness (QED) is 0.792. The van der Waals surface area contributed by atoms with Gasteiger partial charge in [0.25, 0.3) is 0 Å². The van der Waals surface area contributed by atoms with Crippen LogP contribution in [0.5, 0.6) is 11.5 Å². The number of ether oxygens (including phenoxy) is 2. The summed E-state index contributed by atoms with van der Waals surface area (Å²) in [5.41, 5.74) is 0. The first-order chi connectivity index (χ1) is 7.90. The second-order valence-corrected chi connectivity index (χ2v) is 3.59. The SMILES string of the molecule is CNc1nccc2c3c(ccc12)OCCO3. The van der Waals surface area contributed by atoms with Gasteiger partial charge < -0.3 is 14.8 Å². The average Bonchev–Trinajstić information content (AvgIpc) is 2.37. The smallest absolute Gasteiger partial charge is 0.169 e. The standard InChI is InChI=1S/C12H12N2O2/c1-13-12-9-2-3-10-11(16-7-6-15-10)8(9)4-5-14-12/h2-5H,6-7H2,1H3,(H,13,14). The Morgan fingerprint density at radius 3 is 2.88 bits per heavy atom. The molecule has 0 spiro atoms. The number of pyridine rings is 1. The monoisotopic (exact) mass is 216 g/mol. The first-order valence-electron chi connectivity index (χ1n) is 5.25. The highest BCUT2D eigenvalue weighted by molar-refractivity contribution is 5.97. The van der Waals surface area contributed by atoms with Crippen LogP contribution < -0.4 is 14.8 Å². The van der Waals surface area contributed by atoms with E-state index in [1.807, 2.05) is 25.2 Å². The molecule has 1 aliphatic rings. The van der Waals surface area contributed by atoms with Gasteiger partial charge in [-0.05, 0) is 18.2 Å². The Kier molecular flexibility index (Phi) is 2.06. The van der Waals surface area contributed by atoms with Crippen molar-refractivity contribution in [2.45, 2.75) is 0 Å². The van der Waals surface area contributed by atoms with Gasteiger partial charge in [-0.15, -0.1) is 0 Å². The van der Waals surface area contributed by atoms with Crippen molar-refractivity contribution in [2.75, 3.05) is 25.6 Å². The molecule has 0 atom stereocenters. The van der Waals surface area contributed by atoms with Gasteiger partial charge in [-0.2, -0.15) is 0 Å². The number of nitrogens with one attached hydrogen (secondary N) is 1. The van der Waals surface area contributed by atoms with E-state index in [0.717, 1.165) is 28.1 Å². The van der Waals surface area contributed by atoms with Gasteiger partial charge in [-0.3, -0.25) is 0 Å². The molecule has 0 radical (unpaired) electrons. The van der Waals surface area contributed by atoms with E-state index < -0.39 is 0 Å². The number of anilines is 1. The molecule has 3 rings (SSSR count). The lowest BCUT2D eigenvalue weighted by atomic mass is 10.1. The van der Waals surface area contributed by atoms with E-state index in [9.17, 15) is 0 Å². The lowest BCUT2D eigenvalue weighted by molar-refractivity contribution is 0.174. The number of nitrogens with zero attached hydrogens (tertiary/aromatic N) is 1. The molecule has 0 bridgehead atoms. The molecule has 0 aliphatic carbocycles. The van der Waals surface area contributed by atoms with Crippen LogP contribution in [0.3, 0.4) is 0 Å². The van der Waals surface area contributed by atoms with Crippen molar-refractivity contribution in [3.63, 3.8) is 0 Å². The third-order valence-electron chi connectivity index (χ3n) is 2.68. The fourth-order valence-electron chi connectivity index (χ4n) is 1.96. The van der Waals surface area contributed by atoms with Crippen molar-refractivity contribution in [1.82, 2.24) is 4.98 Å². The van der Waals surface area contributed by atoms with Crippen molar-refractivity contribution in [2.24, 2.45) is 0 Å². The summed E-state index contributed by atoms with van der Waals surface area (Å²) in [6.07, 6.45) is 1.77. The van der Waals surface area contributed by atoms with E-state index in [1.54, 1.807) is 6.20 Å². The van der Waals surface area contributed by atoms with Crippen molar-refractivity contribution in [1.29, 1.82) is 0 Å². The molecular formula is C12H12N2O2. The van der Waals surface area contributed by atoms with E-state index in [4.69, 9.17) is 9.47 Å². The summed E-state index contributed by atoms with van der Waals surface area (Å²) in [6.45, 7) is 1.21. The minimum atomic E-state index is 0.601. The molecule has 0 unspecified atom stereocenters. The van der Waals surface area contributed by atoms with Crippen LogP contribution in [0.25, 0.3) is 10.8 Å². The van der Waals surface area contributed by atoms with Crippen molar-refractivity contribution in [3.8, 4) is 11.5 Å². The highest BCUT2D eigenvalue weighted by Crippen LogP contribution is 2.38. The summed E-state index contributed by atoms with van der Waals surface area (Å²) >= 11 is 0. The van der Waals surface area contributed by atoms with Gasteiger partial charge >= 0.3 is 0 Å². The first-order valence-corrected chi connectivity index (χ1v) is 5.25. The number of fused-ring (bicyclic) bond motifs is 3. The fourth-order valence-corrected chi connectivity index (χ4v) is 1.96. The van der Waals surface area contributed by atoms with E-state index in [2.05, 4.69) is 10.3 Å². The normalized spacial score (nSPS) is 13.8. The molecule has 4 nitrogen and oxygen atoms in total. The van der Waals surface area contributed by atoms with Crippen molar-refractivity contribution < 1.29 is 9.47 Å². The molecule has 1 aliphatic heterocycles. The van der Waals surface area contributed by atoms with E-state index >= 15 is 0 Å². The third kappa shape index (κ3) is 1.26. The summed E-state index contributed by atoms with van der Waals surface area (Å²) in [6, 6.07) is 5.88. The molecule has 16 heavy (non-hydrogen) atoms. The van der Waals surface area contributed by atoms with Gasteiger partial charge in [0.1, 0.15) is 19.0 Å². The van der Waals surface area contributed by atoms with Gasteiger partial charge in [-0.25, -0.2) is 4.98 Å². The van der Waals surface area contributed by atoms with E-state index in [-0.39, 0.29) is 0 Å². The topological polar surface area (TPSA) is 43.4 Å². The summed E-state index contributed by atoms with van der Waals surface area (Å²) < 4.78 is 11.2. The lowest BCUT2D eigenvalue weighted by Gasteiger charge is -2.20. The van der Waals surface area contributed by atoms with Crippen molar-refractivity contribution >= 4 is 16.6 Å². The summed E-state index contributed by atoms with van der Waals surface area (Å²) in [5, 5.41) is 5.16. The first kappa shape index (κ1) is 9.27. The van der Waals surface area contributed by atoms with Crippen molar-refractivity contribution in [3.05, 3.63) is 24.4 Å². The predicted molar refractivity (Wildman–Crippen MR) is 62.3 cm³/mol. The van der Waals surface area contributed by atoms with Crippen LogP contribution in [0.2, 0.25) is 0 Å². The zero-order chi connectivity index (χ0) is 11.0. The summed E-state index contributed by atoms with van der Waals surface area (Å²) in [5.74, 6) is 2.49. The molecule has 0 amide bonds. The third-order valence-corrected chi connectivity index (χ3v) is 2.68. The van der Waals surface area contributed by atoms with Gasteiger partial charge in [-0.1, -0.05) is 0 Å². The largest absolute Gasteiger partial charge is 0.486 e. The Bertz CT molecular complexity index is 540. The van der Waals surface area contributed by atoms with E-state index in [1.165, 1.54) is 0 Å². The molecule has 0 saturated heterocycles. The Morgan fingerprint density at radius 2 is 2.00 bits per heavy atom. The number of hydrogen-bond acceptors (Lipinski definition) is 4. The zero-order valence-electron chi connectivity index (χ0n) is 8.99. The summed E-state index contributed by atoms with van der Waals surface area (Å²) in [4.78, 5) is 4.27. The maximum absolute atomic E-state index is 5.66. The average molecular weight is 216 g/mol. The van der Waals surface area contributed by atoms with Gasteiger partial charge in [0, 0.05) is 24.0 Å². The number of rotatable bonds is 1. The van der Waals surface area contributed by atoms with Crippen LogP contribution in [0.4, 0.5) is 5.82 Å². The molecule has 0 saturated carbocycles. The second kappa shape index (κ2) is 3.56. The molecular weight excluding hydrogens is 204 g/mol. The minimum absolute atomic E-state index is 0.601. The number of hydrogen-bond donors (Lipinski definition) is 1. The predicted octanol–water partition coefficient (Wildman–Crippen LogP) is 2.05. The highest BCUT2D eigenvalue weighted by atomic mass is 16.6. The Morgan fingerprint density at radius 1 is 1.12 bits per heavy atom. The molecule has 4 heteroatoms. The molecule has 2 aromatic rings. The molecule has 2 heterocycles. The minimum Gasteiger partial charge on any atom is -0.486 e. The number of aromatic nitrogens is 1. The zero-order valence-corrected chi connectivity index (χ0v) is 8.99. The molecule has 0 fully saturated rings. The highest BCUT2D eigenvalue weighted by Gasteiger charge is 2.16. The van der Waals surface area contributed by atoms with E-state index in [0.29, 0.717) is 13.2 Å². The van der Waals surface area contributed by atoms with Gasteiger partial charge in [0.2, 0.25) is 0 Å². The van der Waals surface area contributed by atoms with Gasteiger partial charge in [0.05, 0.1) is 0 Å². The Labute approximate surface area is 93.2 Å². The summed E-state index contributed by atoms with van der Waals surface area (Å²) in [7, 11) is 1.86. The Balaban J connectivity index is 2.31. The van der Waals surface area contributed by atoms with Crippen LogP contribution in [0.1, 0.15) is 0 Å². The molecule has 1 aromatic heterocycles. The van der Waals surface area contributed by atoms with Crippen LogP contribution in [0.15, 0.2) is 24.4 Å². The fraction of sp³-hybridized carbons (Fsp3) is 0.250. The second-order valence-electron chi connectivity index (χ2n) is 3.59. The number of benzene rings is 1. The van der Waals surface area contributed by atoms with Gasteiger partial charge in [0.15, 0.2) is 11.5 Å². The van der Waals surface area contributed by atoms with Crippen LogP contribution in [-0.2, 0) is 0 Å². The van der Waals surface area contributed by atoms with Crippen LogP contribution >= 0.6 is 0 Å². The molecule has 82 valence electrons. The lowest BCUT2D eigenvalue weighted by Crippen LogP contribution is -2.15. The molecule has 1 N–H and O–H groups in total. The Hall–Kier alpha value is -1.97. The maximum Gasteiger partial charge on any atom is 0.169 e. The van der Waals surface area contributed by atoms with Crippen LogP contribution in [0, 0.1) is 0 Å². The van der Waals surface area contributed by atoms with Crippen LogP contribution in [-0.4, -0.2) is 25.2 Å².